The van der Waals surface area contributed by atoms with Crippen molar-refractivity contribution in [1.82, 2.24) is 10.6 Å². The monoisotopic (exact) mass is 574 g/mol. The number of fused-ring (bicyclic) bond motifs is 1. The van der Waals surface area contributed by atoms with Crippen molar-refractivity contribution in [3.8, 4) is 11.5 Å². The van der Waals surface area contributed by atoms with Crippen LogP contribution in [0.1, 0.15) is 0 Å². The van der Waals surface area contributed by atoms with Crippen LogP contribution in [-0.4, -0.2) is 56.9 Å². The van der Waals surface area contributed by atoms with Crippen molar-refractivity contribution < 1.29 is 28.5 Å². The summed E-state index contributed by atoms with van der Waals surface area (Å²) in [6, 6.07) is 6.07. The van der Waals surface area contributed by atoms with Gasteiger partial charge in [-0.25, -0.2) is 9.59 Å². The minimum atomic E-state index is -2.08. The van der Waals surface area contributed by atoms with E-state index >= 15 is 0 Å². The van der Waals surface area contributed by atoms with Gasteiger partial charge in [0.2, 0.25) is 20.0 Å². The molecule has 0 radical (unpaired) electrons. The fourth-order valence-corrected chi connectivity index (χ4v) is 3.24. The summed E-state index contributed by atoms with van der Waals surface area (Å²) < 4.78 is 17.2. The molecule has 1 heterocycles. The number of amides is 2. The molecule has 0 saturated heterocycles. The summed E-state index contributed by atoms with van der Waals surface area (Å²) in [7, 11) is 0. The predicted octanol–water partition coefficient (Wildman–Crippen LogP) is 5.04. The summed E-state index contributed by atoms with van der Waals surface area (Å²) in [6.45, 7) is 0.120. The zero-order chi connectivity index (χ0) is 23.1. The van der Waals surface area contributed by atoms with E-state index in [0.717, 1.165) is 0 Å². The van der Waals surface area contributed by atoms with E-state index in [9.17, 15) is 9.59 Å². The predicted molar refractivity (Wildman–Crippen MR) is 122 cm³/mol. The van der Waals surface area contributed by atoms with Crippen molar-refractivity contribution in [3.63, 3.8) is 0 Å². The van der Waals surface area contributed by atoms with Crippen LogP contribution in [0.2, 0.25) is 0 Å². The first-order chi connectivity index (χ1) is 14.5. The number of ether oxygens (including phenoxy) is 4. The van der Waals surface area contributed by atoms with E-state index in [1.54, 1.807) is 12.1 Å². The smallest absolute Gasteiger partial charge is 0.410 e. The molecule has 0 spiro atoms. The van der Waals surface area contributed by atoms with Gasteiger partial charge in [0, 0.05) is 11.5 Å². The molecule has 2 amide bonds. The minimum Gasteiger partial charge on any atom is -0.462 e. The number of rotatable bonds is 0. The lowest BCUT2D eigenvalue weighted by Crippen LogP contribution is -2.49. The molecule has 1 aromatic carbocycles. The maximum Gasteiger partial charge on any atom is 0.410 e. The van der Waals surface area contributed by atoms with Crippen LogP contribution in [0.4, 0.5) is 9.59 Å². The molecule has 1 aliphatic heterocycles. The van der Waals surface area contributed by atoms with Crippen molar-refractivity contribution in [2.75, 3.05) is 24.7 Å². The van der Waals surface area contributed by atoms with E-state index in [1.807, 2.05) is 0 Å². The number of carbonyl (C=O) groups is 2. The van der Waals surface area contributed by atoms with Crippen molar-refractivity contribution in [2.45, 2.75) is 20.0 Å². The Hall–Kier alpha value is -0.550. The summed E-state index contributed by atoms with van der Waals surface area (Å²) >= 11 is 37.0. The van der Waals surface area contributed by atoms with Crippen LogP contribution < -0.4 is 20.1 Å². The standard InChI is InChI=1S/C16H16Cl6N2O6S/c17-15(18,19)11-23-13(25)27-5-7-31-8-6-28-14(26)24-12(16(20,21)22)30-10-4-2-1-3-9(10)29-11/h1-4,11-12H,5-8H2,(H,23,25)(H,24,26). The molecule has 31 heavy (non-hydrogen) atoms. The molecular weight excluding hydrogens is 561 g/mol. The lowest BCUT2D eigenvalue weighted by atomic mass is 10.3. The number of cyclic esters (lactones) is 2. The number of halogens is 6. The summed E-state index contributed by atoms with van der Waals surface area (Å²) in [6.07, 6.45) is -4.68. The summed E-state index contributed by atoms with van der Waals surface area (Å²) in [4.78, 5) is 24.1. The average molecular weight is 577 g/mol. The summed E-state index contributed by atoms with van der Waals surface area (Å²) in [5.74, 6) is 0.878. The number of alkyl carbamates (subject to hydrolysis) is 2. The third-order valence-corrected chi connectivity index (χ3v) is 5.45. The third kappa shape index (κ3) is 9.45. The Morgan fingerprint density at radius 3 is 1.52 bits per heavy atom. The van der Waals surface area contributed by atoms with Crippen LogP contribution >= 0.6 is 81.4 Å². The highest BCUT2D eigenvalue weighted by molar-refractivity contribution is 7.99. The molecule has 2 rings (SSSR count). The van der Waals surface area contributed by atoms with Gasteiger partial charge in [0.15, 0.2) is 11.5 Å². The first-order valence-electron chi connectivity index (χ1n) is 8.47. The second-order valence-corrected chi connectivity index (χ2v) is 11.7. The Labute approximate surface area is 212 Å². The molecule has 0 aliphatic carbocycles. The number of hydrogen-bond donors (Lipinski definition) is 2. The van der Waals surface area contributed by atoms with E-state index in [4.69, 9.17) is 88.6 Å². The number of para-hydroxylation sites is 2. The molecular formula is C16H16Cl6N2O6S. The molecule has 2 atom stereocenters. The van der Waals surface area contributed by atoms with Crippen molar-refractivity contribution >= 4 is 93.6 Å². The molecule has 15 heteroatoms. The van der Waals surface area contributed by atoms with Gasteiger partial charge in [-0.2, -0.15) is 11.8 Å². The first-order valence-corrected chi connectivity index (χ1v) is 11.9. The van der Waals surface area contributed by atoms with Gasteiger partial charge < -0.3 is 18.9 Å². The van der Waals surface area contributed by atoms with Crippen LogP contribution in [0.25, 0.3) is 0 Å². The van der Waals surface area contributed by atoms with Gasteiger partial charge in [-0.05, 0) is 12.1 Å². The number of nitrogens with one attached hydrogen (secondary N) is 2. The number of hydrogen-bond acceptors (Lipinski definition) is 7. The van der Waals surface area contributed by atoms with Gasteiger partial charge in [0.25, 0.3) is 0 Å². The van der Waals surface area contributed by atoms with Crippen molar-refractivity contribution in [1.29, 1.82) is 0 Å². The Morgan fingerprint density at radius 2 is 1.16 bits per heavy atom. The van der Waals surface area contributed by atoms with Crippen LogP contribution in [-0.2, 0) is 9.47 Å². The first kappa shape index (κ1) is 26.7. The van der Waals surface area contributed by atoms with E-state index in [1.165, 1.54) is 23.9 Å². The highest BCUT2D eigenvalue weighted by Crippen LogP contribution is 2.38. The Bertz CT molecular complexity index is 702. The van der Waals surface area contributed by atoms with Gasteiger partial charge in [-0.15, -0.1) is 0 Å². The molecule has 2 unspecified atom stereocenters. The lowest BCUT2D eigenvalue weighted by Gasteiger charge is -2.29. The minimum absolute atomic E-state index is 0.00779. The van der Waals surface area contributed by atoms with Crippen LogP contribution in [0, 0.1) is 0 Å². The molecule has 2 N–H and O–H groups in total. The topological polar surface area (TPSA) is 95.1 Å². The zero-order valence-electron chi connectivity index (χ0n) is 15.4. The maximum atomic E-state index is 12.1. The third-order valence-electron chi connectivity index (χ3n) is 3.35. The normalized spacial score (nSPS) is 22.3. The van der Waals surface area contributed by atoms with Gasteiger partial charge in [0.1, 0.15) is 13.2 Å². The highest BCUT2D eigenvalue weighted by Gasteiger charge is 2.39. The van der Waals surface area contributed by atoms with E-state index in [-0.39, 0.29) is 24.7 Å². The van der Waals surface area contributed by atoms with E-state index < -0.39 is 32.2 Å². The molecule has 174 valence electrons. The summed E-state index contributed by atoms with van der Waals surface area (Å²) in [5.41, 5.74) is 0. The fourth-order valence-electron chi connectivity index (χ4n) is 2.04. The molecule has 0 aromatic heterocycles. The average Bonchev–Trinajstić information content (AvgIpc) is 2.65. The lowest BCUT2D eigenvalue weighted by molar-refractivity contribution is 0.101. The van der Waals surface area contributed by atoms with E-state index in [2.05, 4.69) is 10.6 Å². The molecule has 8 nitrogen and oxygen atoms in total. The van der Waals surface area contributed by atoms with Gasteiger partial charge >= 0.3 is 12.2 Å². The molecule has 0 bridgehead atoms. The van der Waals surface area contributed by atoms with Crippen LogP contribution in [0.3, 0.4) is 0 Å². The van der Waals surface area contributed by atoms with Crippen molar-refractivity contribution in [3.05, 3.63) is 24.3 Å². The molecule has 1 aromatic rings. The number of thioether (sulfide) groups is 1. The Kier molecular flexibility index (Phi) is 10.4. The van der Waals surface area contributed by atoms with Crippen LogP contribution in [0.5, 0.6) is 11.5 Å². The maximum absolute atomic E-state index is 12.1. The SMILES string of the molecule is O=C1NC(C(Cl)(Cl)Cl)Oc2ccccc2OC(C(Cl)(Cl)Cl)NC(=O)OCCSCCO1. The zero-order valence-corrected chi connectivity index (χ0v) is 20.8. The number of alkyl halides is 6. The second-order valence-electron chi connectivity index (χ2n) is 5.70. The molecule has 1 aliphatic rings. The summed E-state index contributed by atoms with van der Waals surface area (Å²) in [5, 5.41) is 4.65. The van der Waals surface area contributed by atoms with Gasteiger partial charge in [-0.3, -0.25) is 10.6 Å². The molecule has 0 saturated carbocycles. The van der Waals surface area contributed by atoms with Gasteiger partial charge in [-0.1, -0.05) is 81.7 Å². The van der Waals surface area contributed by atoms with Crippen molar-refractivity contribution in [2.24, 2.45) is 0 Å². The Balaban J connectivity index is 2.34. The van der Waals surface area contributed by atoms with Gasteiger partial charge in [0.05, 0.1) is 0 Å². The molecule has 0 fully saturated rings. The largest absolute Gasteiger partial charge is 0.462 e. The quantitative estimate of drug-likeness (QED) is 0.418. The number of benzene rings is 1. The van der Waals surface area contributed by atoms with E-state index in [0.29, 0.717) is 11.5 Å². The number of carbonyl (C=O) groups excluding carboxylic acids is 2. The second kappa shape index (κ2) is 12.1. The Morgan fingerprint density at radius 1 is 0.774 bits per heavy atom. The van der Waals surface area contributed by atoms with Crippen LogP contribution in [0.15, 0.2) is 24.3 Å². The highest BCUT2D eigenvalue weighted by atomic mass is 35.6. The fraction of sp³-hybridized carbons (Fsp3) is 0.500.